The maximum atomic E-state index is 12.3. The van der Waals surface area contributed by atoms with E-state index in [1.165, 1.54) is 0 Å². The van der Waals surface area contributed by atoms with Crippen LogP contribution < -0.4 is 21.1 Å². The maximum absolute atomic E-state index is 12.3. The van der Waals surface area contributed by atoms with E-state index in [-0.39, 0.29) is 24.9 Å². The van der Waals surface area contributed by atoms with Gasteiger partial charge in [0.1, 0.15) is 5.75 Å². The summed E-state index contributed by atoms with van der Waals surface area (Å²) >= 11 is 0. The van der Waals surface area contributed by atoms with Crippen molar-refractivity contribution in [2.75, 3.05) is 18.5 Å². The summed E-state index contributed by atoms with van der Waals surface area (Å²) in [5.74, 6) is -0.0227. The quantitative estimate of drug-likeness (QED) is 0.763. The van der Waals surface area contributed by atoms with Crippen LogP contribution >= 0.6 is 12.4 Å². The van der Waals surface area contributed by atoms with Crippen molar-refractivity contribution in [3.63, 3.8) is 0 Å². The van der Waals surface area contributed by atoms with Gasteiger partial charge in [0.2, 0.25) is 5.91 Å². The van der Waals surface area contributed by atoms with Crippen molar-refractivity contribution in [1.82, 2.24) is 5.32 Å². The molecular formula is C15H22ClN3O3. The van der Waals surface area contributed by atoms with Gasteiger partial charge in [-0.3, -0.25) is 9.59 Å². The highest BCUT2D eigenvalue weighted by Gasteiger charge is 2.34. The first-order valence-corrected chi connectivity index (χ1v) is 7.07. The van der Waals surface area contributed by atoms with Gasteiger partial charge in [0, 0.05) is 5.69 Å². The Balaban J connectivity index is 0.00000242. The molecule has 1 atom stereocenters. The highest BCUT2D eigenvalue weighted by Crippen LogP contribution is 2.22. The Morgan fingerprint density at radius 2 is 2.00 bits per heavy atom. The molecule has 2 rings (SSSR count). The molecule has 0 radical (unpaired) electrons. The number of amides is 2. The molecule has 4 N–H and O–H groups in total. The van der Waals surface area contributed by atoms with E-state index < -0.39 is 11.4 Å². The number of carbonyl (C=O) groups excluding carboxylic acids is 2. The molecule has 0 saturated carbocycles. The average molecular weight is 328 g/mol. The third kappa shape index (κ3) is 4.89. The molecule has 0 aliphatic carbocycles. The fraction of sp³-hybridized carbons (Fsp3) is 0.467. The zero-order valence-electron chi connectivity index (χ0n) is 12.6. The van der Waals surface area contributed by atoms with Crippen molar-refractivity contribution in [2.45, 2.75) is 31.7 Å². The van der Waals surface area contributed by atoms with Crippen LogP contribution in [0.1, 0.15) is 26.2 Å². The minimum Gasteiger partial charge on any atom is -0.484 e. The number of halogens is 1. The number of hydrogen-bond donors (Lipinski definition) is 3. The van der Waals surface area contributed by atoms with Crippen LogP contribution in [0.5, 0.6) is 5.75 Å². The fourth-order valence-corrected chi connectivity index (χ4v) is 2.31. The second-order valence-corrected chi connectivity index (χ2v) is 5.45. The first-order chi connectivity index (χ1) is 9.99. The fourth-order valence-electron chi connectivity index (χ4n) is 2.31. The van der Waals surface area contributed by atoms with Crippen LogP contribution in [0.4, 0.5) is 5.69 Å². The molecule has 0 aromatic heterocycles. The highest BCUT2D eigenvalue weighted by atomic mass is 35.5. The molecular weight excluding hydrogens is 306 g/mol. The normalized spacial score (nSPS) is 20.6. The van der Waals surface area contributed by atoms with Crippen LogP contribution in [0.25, 0.3) is 0 Å². The van der Waals surface area contributed by atoms with E-state index in [0.29, 0.717) is 11.4 Å². The maximum Gasteiger partial charge on any atom is 0.255 e. The van der Waals surface area contributed by atoms with Crippen molar-refractivity contribution < 1.29 is 14.3 Å². The van der Waals surface area contributed by atoms with Crippen molar-refractivity contribution in [2.24, 2.45) is 5.73 Å². The first kappa shape index (κ1) is 18.3. The number of ether oxygens (including phenoxy) is 1. The van der Waals surface area contributed by atoms with Crippen LogP contribution in [0, 0.1) is 0 Å². The lowest BCUT2D eigenvalue weighted by atomic mass is 9.90. The molecule has 122 valence electrons. The zero-order valence-corrected chi connectivity index (χ0v) is 13.4. The monoisotopic (exact) mass is 327 g/mol. The molecule has 22 heavy (non-hydrogen) atoms. The SMILES string of the molecule is CC1(C(=O)Nc2ccc(OCC(N)=O)cc2)CCCCN1.Cl. The molecule has 1 aliphatic rings. The average Bonchev–Trinajstić information content (AvgIpc) is 2.47. The van der Waals surface area contributed by atoms with Crippen LogP contribution in [0.15, 0.2) is 24.3 Å². The Kier molecular flexibility index (Phi) is 6.64. The molecule has 1 aromatic carbocycles. The molecule has 1 unspecified atom stereocenters. The number of nitrogens with one attached hydrogen (secondary N) is 2. The summed E-state index contributed by atoms with van der Waals surface area (Å²) in [6.07, 6.45) is 2.99. The minimum atomic E-state index is -0.524. The smallest absolute Gasteiger partial charge is 0.255 e. The van der Waals surface area contributed by atoms with Crippen LogP contribution in [-0.4, -0.2) is 30.5 Å². The van der Waals surface area contributed by atoms with Crippen LogP contribution in [0.3, 0.4) is 0 Å². The minimum absolute atomic E-state index is 0. The molecule has 0 spiro atoms. The lowest BCUT2D eigenvalue weighted by Gasteiger charge is -2.33. The predicted octanol–water partition coefficient (Wildman–Crippen LogP) is 1.44. The second-order valence-electron chi connectivity index (χ2n) is 5.45. The van der Waals surface area contributed by atoms with Crippen molar-refractivity contribution in [3.8, 4) is 5.75 Å². The molecule has 1 heterocycles. The topological polar surface area (TPSA) is 93.4 Å². The third-order valence-electron chi connectivity index (χ3n) is 3.61. The van der Waals surface area contributed by atoms with Gasteiger partial charge < -0.3 is 21.1 Å². The van der Waals surface area contributed by atoms with Gasteiger partial charge in [-0.2, -0.15) is 0 Å². The largest absolute Gasteiger partial charge is 0.484 e. The molecule has 6 nitrogen and oxygen atoms in total. The second kappa shape index (κ2) is 8.00. The number of primary amides is 1. The summed E-state index contributed by atoms with van der Waals surface area (Å²) in [5, 5.41) is 6.17. The number of benzene rings is 1. The van der Waals surface area contributed by atoms with E-state index in [1.807, 2.05) is 6.92 Å². The van der Waals surface area contributed by atoms with Gasteiger partial charge in [0.05, 0.1) is 5.54 Å². The molecule has 1 saturated heterocycles. The van der Waals surface area contributed by atoms with E-state index in [9.17, 15) is 9.59 Å². The Hall–Kier alpha value is -1.79. The van der Waals surface area contributed by atoms with Gasteiger partial charge in [-0.1, -0.05) is 0 Å². The molecule has 1 fully saturated rings. The molecule has 2 amide bonds. The van der Waals surface area contributed by atoms with Gasteiger partial charge in [-0.05, 0) is 57.0 Å². The summed E-state index contributed by atoms with van der Waals surface area (Å²) < 4.78 is 5.16. The standard InChI is InChI=1S/C15H21N3O3.ClH/c1-15(8-2-3-9-17-15)14(20)18-11-4-6-12(7-5-11)21-10-13(16)19;/h4-7,17H,2-3,8-10H2,1H3,(H2,16,19)(H,18,20);1H. The van der Waals surface area contributed by atoms with Gasteiger partial charge in [0.25, 0.3) is 5.91 Å². The lowest BCUT2D eigenvalue weighted by molar-refractivity contribution is -0.122. The highest BCUT2D eigenvalue weighted by molar-refractivity contribution is 5.97. The van der Waals surface area contributed by atoms with E-state index in [0.717, 1.165) is 25.8 Å². The Bertz CT molecular complexity index is 513. The number of carbonyl (C=O) groups is 2. The van der Waals surface area contributed by atoms with Gasteiger partial charge in [-0.25, -0.2) is 0 Å². The van der Waals surface area contributed by atoms with Gasteiger partial charge >= 0.3 is 0 Å². The molecule has 0 bridgehead atoms. The Morgan fingerprint density at radius 3 is 2.55 bits per heavy atom. The van der Waals surface area contributed by atoms with E-state index in [2.05, 4.69) is 10.6 Å². The Morgan fingerprint density at radius 1 is 1.32 bits per heavy atom. The number of hydrogen-bond acceptors (Lipinski definition) is 4. The number of nitrogens with two attached hydrogens (primary N) is 1. The van der Waals surface area contributed by atoms with Crippen LogP contribution in [0.2, 0.25) is 0 Å². The van der Waals surface area contributed by atoms with Gasteiger partial charge in [0.15, 0.2) is 6.61 Å². The number of anilines is 1. The lowest BCUT2D eigenvalue weighted by Crippen LogP contribution is -2.54. The molecule has 1 aliphatic heterocycles. The van der Waals surface area contributed by atoms with Crippen LogP contribution in [-0.2, 0) is 9.59 Å². The van der Waals surface area contributed by atoms with E-state index in [4.69, 9.17) is 10.5 Å². The van der Waals surface area contributed by atoms with Crippen molar-refractivity contribution in [3.05, 3.63) is 24.3 Å². The summed E-state index contributed by atoms with van der Waals surface area (Å²) in [6, 6.07) is 6.85. The van der Waals surface area contributed by atoms with Crippen molar-refractivity contribution in [1.29, 1.82) is 0 Å². The summed E-state index contributed by atoms with van der Waals surface area (Å²) in [4.78, 5) is 23.0. The van der Waals surface area contributed by atoms with Gasteiger partial charge in [-0.15, -0.1) is 12.4 Å². The van der Waals surface area contributed by atoms with Crippen molar-refractivity contribution >= 4 is 29.9 Å². The zero-order chi connectivity index (χ0) is 15.3. The Labute approximate surface area is 136 Å². The molecule has 7 heteroatoms. The summed E-state index contributed by atoms with van der Waals surface area (Å²) in [5.41, 5.74) is 5.19. The summed E-state index contributed by atoms with van der Waals surface area (Å²) in [7, 11) is 0. The first-order valence-electron chi connectivity index (χ1n) is 7.07. The third-order valence-corrected chi connectivity index (χ3v) is 3.61. The predicted molar refractivity (Wildman–Crippen MR) is 87.3 cm³/mol. The van der Waals surface area contributed by atoms with E-state index in [1.54, 1.807) is 24.3 Å². The molecule has 1 aromatic rings. The number of piperidine rings is 1. The summed E-state index contributed by atoms with van der Waals surface area (Å²) in [6.45, 7) is 2.63. The van der Waals surface area contributed by atoms with E-state index >= 15 is 0 Å². The number of rotatable bonds is 5.